The van der Waals surface area contributed by atoms with E-state index in [-0.39, 0.29) is 5.78 Å². The Bertz CT molecular complexity index is 310. The van der Waals surface area contributed by atoms with E-state index in [4.69, 9.17) is 5.21 Å². The van der Waals surface area contributed by atoms with E-state index in [1.54, 1.807) is 6.07 Å². The summed E-state index contributed by atoms with van der Waals surface area (Å²) in [5, 5.41) is 8.59. The predicted molar refractivity (Wildman–Crippen MR) is 54.3 cm³/mol. The summed E-state index contributed by atoms with van der Waals surface area (Å²) in [6.45, 7) is 2.29. The third kappa shape index (κ3) is 2.65. The predicted octanol–water partition coefficient (Wildman–Crippen LogP) is 2.15. The molecule has 0 heterocycles. The summed E-state index contributed by atoms with van der Waals surface area (Å²) in [5.74, 6) is 0.137. The number of hydroxylamine groups is 1. The number of ketones is 1. The fourth-order valence-electron chi connectivity index (χ4n) is 1.39. The maximum absolute atomic E-state index is 11.6. The van der Waals surface area contributed by atoms with Crippen molar-refractivity contribution in [2.24, 2.45) is 0 Å². The van der Waals surface area contributed by atoms with Crippen LogP contribution in [-0.4, -0.2) is 11.0 Å². The molecule has 0 fully saturated rings. The van der Waals surface area contributed by atoms with Gasteiger partial charge in [-0.2, -0.15) is 0 Å². The van der Waals surface area contributed by atoms with Gasteiger partial charge in [0.25, 0.3) is 0 Å². The first-order chi connectivity index (χ1) is 6.79. The van der Waals surface area contributed by atoms with Gasteiger partial charge in [-0.3, -0.25) is 4.79 Å². The highest BCUT2D eigenvalue weighted by molar-refractivity contribution is 5.97. The summed E-state index contributed by atoms with van der Waals surface area (Å²) in [5.41, 5.74) is 3.61. The summed E-state index contributed by atoms with van der Waals surface area (Å²) in [6, 6.07) is 7.33. The Labute approximate surface area is 83.7 Å². The Hall–Kier alpha value is -1.19. The molecule has 76 valence electrons. The molecular formula is C11H15NO2. The highest BCUT2D eigenvalue weighted by Crippen LogP contribution is 2.11. The van der Waals surface area contributed by atoms with Gasteiger partial charge in [0.1, 0.15) is 0 Å². The Kier molecular flexibility index (Phi) is 4.29. The lowest BCUT2D eigenvalue weighted by Gasteiger charge is -2.06. The van der Waals surface area contributed by atoms with E-state index in [2.05, 4.69) is 5.48 Å². The number of rotatable bonds is 5. The molecule has 0 bridgehead atoms. The molecule has 0 spiro atoms. The van der Waals surface area contributed by atoms with Gasteiger partial charge in [0.15, 0.2) is 5.78 Å². The van der Waals surface area contributed by atoms with Crippen molar-refractivity contribution in [2.75, 3.05) is 0 Å². The number of Topliss-reactive ketones (excluding diaryl/α,β-unsaturated/α-hetero) is 1. The largest absolute Gasteiger partial charge is 0.316 e. The number of hydrogen-bond acceptors (Lipinski definition) is 3. The van der Waals surface area contributed by atoms with Crippen LogP contribution in [0.25, 0.3) is 0 Å². The molecule has 1 rings (SSSR count). The summed E-state index contributed by atoms with van der Waals surface area (Å²) in [4.78, 5) is 11.6. The molecule has 0 unspecified atom stereocenters. The average Bonchev–Trinajstić information content (AvgIpc) is 2.19. The molecular weight excluding hydrogens is 178 g/mol. The van der Waals surface area contributed by atoms with Crippen molar-refractivity contribution < 1.29 is 10.0 Å². The van der Waals surface area contributed by atoms with E-state index in [1.807, 2.05) is 25.1 Å². The maximum Gasteiger partial charge on any atom is 0.163 e. The number of nitrogens with one attached hydrogen (secondary N) is 1. The van der Waals surface area contributed by atoms with Crippen LogP contribution in [-0.2, 0) is 6.54 Å². The second-order valence-electron chi connectivity index (χ2n) is 3.17. The molecule has 0 saturated carbocycles. The topological polar surface area (TPSA) is 49.3 Å². The van der Waals surface area contributed by atoms with Crippen LogP contribution < -0.4 is 5.48 Å². The molecule has 0 atom stereocenters. The zero-order chi connectivity index (χ0) is 10.4. The van der Waals surface area contributed by atoms with E-state index < -0.39 is 0 Å². The van der Waals surface area contributed by atoms with E-state index in [9.17, 15) is 4.79 Å². The molecule has 0 aliphatic rings. The van der Waals surface area contributed by atoms with Crippen LogP contribution in [0.4, 0.5) is 0 Å². The zero-order valence-electron chi connectivity index (χ0n) is 8.29. The van der Waals surface area contributed by atoms with Crippen LogP contribution in [0.1, 0.15) is 35.7 Å². The van der Waals surface area contributed by atoms with Crippen LogP contribution >= 0.6 is 0 Å². The second-order valence-corrected chi connectivity index (χ2v) is 3.17. The molecule has 0 aromatic heterocycles. The molecule has 0 saturated heterocycles. The molecule has 1 aromatic carbocycles. The average molecular weight is 193 g/mol. The van der Waals surface area contributed by atoms with Crippen molar-refractivity contribution in [2.45, 2.75) is 26.3 Å². The lowest BCUT2D eigenvalue weighted by atomic mass is 10.0. The number of carbonyl (C=O) groups is 1. The summed E-state index contributed by atoms with van der Waals surface area (Å²) in [6.07, 6.45) is 1.40. The monoisotopic (exact) mass is 193 g/mol. The van der Waals surface area contributed by atoms with Crippen LogP contribution in [0, 0.1) is 0 Å². The van der Waals surface area contributed by atoms with Crippen LogP contribution in [0.5, 0.6) is 0 Å². The van der Waals surface area contributed by atoms with Crippen molar-refractivity contribution in [1.29, 1.82) is 0 Å². The number of carbonyl (C=O) groups excluding carboxylic acids is 1. The van der Waals surface area contributed by atoms with Gasteiger partial charge in [0.05, 0.1) is 0 Å². The first kappa shape index (κ1) is 10.9. The second kappa shape index (κ2) is 5.52. The standard InChI is InChI=1S/C11H15NO2/c1-2-5-11(13)10-7-4-3-6-9(10)8-12-14/h3-4,6-7,12,14H,2,5,8H2,1H3. The Morgan fingerprint density at radius 3 is 2.79 bits per heavy atom. The minimum Gasteiger partial charge on any atom is -0.316 e. The van der Waals surface area contributed by atoms with Gasteiger partial charge in [0.2, 0.25) is 0 Å². The van der Waals surface area contributed by atoms with Gasteiger partial charge in [-0.25, -0.2) is 5.48 Å². The molecule has 0 aliphatic carbocycles. The first-order valence-corrected chi connectivity index (χ1v) is 4.77. The molecule has 1 aromatic rings. The third-order valence-electron chi connectivity index (χ3n) is 2.06. The zero-order valence-corrected chi connectivity index (χ0v) is 8.29. The lowest BCUT2D eigenvalue weighted by Crippen LogP contribution is -2.11. The van der Waals surface area contributed by atoms with Gasteiger partial charge >= 0.3 is 0 Å². The van der Waals surface area contributed by atoms with E-state index in [1.165, 1.54) is 0 Å². The highest BCUT2D eigenvalue weighted by Gasteiger charge is 2.08. The molecule has 0 aliphatic heterocycles. The molecule has 14 heavy (non-hydrogen) atoms. The maximum atomic E-state index is 11.6. The molecule has 0 amide bonds. The van der Waals surface area contributed by atoms with Gasteiger partial charge in [0, 0.05) is 18.5 Å². The van der Waals surface area contributed by atoms with Crippen LogP contribution in [0.2, 0.25) is 0 Å². The first-order valence-electron chi connectivity index (χ1n) is 4.77. The Morgan fingerprint density at radius 2 is 2.14 bits per heavy atom. The third-order valence-corrected chi connectivity index (χ3v) is 2.06. The normalized spacial score (nSPS) is 10.1. The van der Waals surface area contributed by atoms with Crippen molar-refractivity contribution in [1.82, 2.24) is 5.48 Å². The quantitative estimate of drug-likeness (QED) is 0.556. The van der Waals surface area contributed by atoms with Crippen LogP contribution in [0.15, 0.2) is 24.3 Å². The summed E-state index contributed by atoms with van der Waals surface area (Å²) < 4.78 is 0. The fourth-order valence-corrected chi connectivity index (χ4v) is 1.39. The Morgan fingerprint density at radius 1 is 1.43 bits per heavy atom. The molecule has 3 nitrogen and oxygen atoms in total. The number of hydrogen-bond donors (Lipinski definition) is 2. The van der Waals surface area contributed by atoms with Gasteiger partial charge in [-0.15, -0.1) is 0 Å². The molecule has 0 radical (unpaired) electrons. The van der Waals surface area contributed by atoms with Crippen molar-refractivity contribution in [3.8, 4) is 0 Å². The summed E-state index contributed by atoms with van der Waals surface area (Å²) in [7, 11) is 0. The fraction of sp³-hybridized carbons (Fsp3) is 0.364. The van der Waals surface area contributed by atoms with E-state index >= 15 is 0 Å². The van der Waals surface area contributed by atoms with Gasteiger partial charge < -0.3 is 5.21 Å². The van der Waals surface area contributed by atoms with Gasteiger partial charge in [-0.1, -0.05) is 31.2 Å². The minimum atomic E-state index is 0.137. The van der Waals surface area contributed by atoms with E-state index in [0.717, 1.165) is 12.0 Å². The van der Waals surface area contributed by atoms with Gasteiger partial charge in [-0.05, 0) is 12.0 Å². The molecule has 2 N–H and O–H groups in total. The van der Waals surface area contributed by atoms with Crippen molar-refractivity contribution in [3.63, 3.8) is 0 Å². The Balaban J connectivity index is 2.88. The SMILES string of the molecule is CCCC(=O)c1ccccc1CNO. The summed E-state index contributed by atoms with van der Waals surface area (Å²) >= 11 is 0. The molecule has 3 heteroatoms. The van der Waals surface area contributed by atoms with Crippen molar-refractivity contribution >= 4 is 5.78 Å². The van der Waals surface area contributed by atoms with E-state index in [0.29, 0.717) is 18.5 Å². The number of benzene rings is 1. The minimum absolute atomic E-state index is 0.137. The smallest absolute Gasteiger partial charge is 0.163 e. The van der Waals surface area contributed by atoms with Crippen LogP contribution in [0.3, 0.4) is 0 Å². The highest BCUT2D eigenvalue weighted by atomic mass is 16.5. The van der Waals surface area contributed by atoms with Crippen molar-refractivity contribution in [3.05, 3.63) is 35.4 Å². The lowest BCUT2D eigenvalue weighted by molar-refractivity contribution is 0.0979.